The van der Waals surface area contributed by atoms with E-state index in [4.69, 9.17) is 5.11 Å². The minimum atomic E-state index is -0.929. The number of hydrogen-bond donors (Lipinski definition) is 1. The van der Waals surface area contributed by atoms with E-state index >= 15 is 0 Å². The van der Waals surface area contributed by atoms with Gasteiger partial charge in [-0.05, 0) is 12.3 Å². The summed E-state index contributed by atoms with van der Waals surface area (Å²) in [6, 6.07) is -0.675. The van der Waals surface area contributed by atoms with Gasteiger partial charge in [-0.2, -0.15) is 0 Å². The van der Waals surface area contributed by atoms with E-state index in [1.54, 1.807) is 4.90 Å². The Morgan fingerprint density at radius 2 is 2.17 bits per heavy atom. The summed E-state index contributed by atoms with van der Waals surface area (Å²) in [4.78, 5) is 30.3. The van der Waals surface area contributed by atoms with Crippen molar-refractivity contribution in [3.8, 4) is 0 Å². The number of nitro groups is 1. The Balaban J connectivity index is 2.25. The van der Waals surface area contributed by atoms with Crippen LogP contribution in [0.2, 0.25) is 0 Å². The molecule has 1 aliphatic rings. The van der Waals surface area contributed by atoms with Crippen molar-refractivity contribution in [3.05, 3.63) is 22.5 Å². The maximum Gasteiger partial charge on any atom is 0.326 e. The Morgan fingerprint density at radius 1 is 1.56 bits per heavy atom. The Morgan fingerprint density at radius 3 is 2.67 bits per heavy atom. The van der Waals surface area contributed by atoms with Crippen molar-refractivity contribution in [1.29, 1.82) is 0 Å². The number of carboxylic acids is 1. The Bertz CT molecular complexity index is 475. The first kappa shape index (κ1) is 12.2. The van der Waals surface area contributed by atoms with Crippen LogP contribution in [0.25, 0.3) is 0 Å². The van der Waals surface area contributed by atoms with Gasteiger partial charge < -0.3 is 10.0 Å². The fraction of sp³-hybridized carbons (Fsp3) is 0.500. The second kappa shape index (κ2) is 4.55. The van der Waals surface area contributed by atoms with Crippen LogP contribution in [0.15, 0.2) is 12.4 Å². The van der Waals surface area contributed by atoms with E-state index in [1.807, 2.05) is 6.92 Å². The number of aromatic nitrogens is 2. The average molecular weight is 252 g/mol. The predicted molar refractivity (Wildman–Crippen MR) is 61.2 cm³/mol. The molecule has 0 radical (unpaired) electrons. The molecular weight excluding hydrogens is 240 g/mol. The van der Waals surface area contributed by atoms with Crippen LogP contribution in [0.4, 0.5) is 11.6 Å². The van der Waals surface area contributed by atoms with E-state index in [-0.39, 0.29) is 17.6 Å². The highest BCUT2D eigenvalue weighted by Crippen LogP contribution is 2.27. The molecule has 8 nitrogen and oxygen atoms in total. The minimum absolute atomic E-state index is 0.00120. The quantitative estimate of drug-likeness (QED) is 0.622. The van der Waals surface area contributed by atoms with Crippen LogP contribution in [0.5, 0.6) is 0 Å². The van der Waals surface area contributed by atoms with Crippen molar-refractivity contribution < 1.29 is 14.8 Å². The fourth-order valence-electron chi connectivity index (χ4n) is 2.10. The van der Waals surface area contributed by atoms with Gasteiger partial charge in [0.25, 0.3) is 0 Å². The molecule has 1 saturated heterocycles. The predicted octanol–water partition coefficient (Wildman–Crippen LogP) is 0.684. The second-order valence-corrected chi connectivity index (χ2v) is 4.24. The SMILES string of the molecule is CC1CCN(c2ncc([N+](=O)[O-])cn2)C1C(=O)O. The summed E-state index contributed by atoms with van der Waals surface area (Å²) in [6.45, 7) is 2.39. The summed E-state index contributed by atoms with van der Waals surface area (Å²) in [5.74, 6) is -0.708. The molecule has 1 N–H and O–H groups in total. The highest BCUT2D eigenvalue weighted by molar-refractivity contribution is 5.78. The Hall–Kier alpha value is -2.25. The lowest BCUT2D eigenvalue weighted by molar-refractivity contribution is -0.385. The lowest BCUT2D eigenvalue weighted by Gasteiger charge is -2.22. The van der Waals surface area contributed by atoms with Gasteiger partial charge in [0.1, 0.15) is 18.4 Å². The van der Waals surface area contributed by atoms with E-state index < -0.39 is 16.9 Å². The zero-order valence-electron chi connectivity index (χ0n) is 9.68. The van der Waals surface area contributed by atoms with Gasteiger partial charge in [-0.3, -0.25) is 10.1 Å². The van der Waals surface area contributed by atoms with E-state index in [1.165, 1.54) is 0 Å². The molecule has 2 heterocycles. The lowest BCUT2D eigenvalue weighted by Crippen LogP contribution is -2.39. The summed E-state index contributed by atoms with van der Waals surface area (Å²) in [5, 5.41) is 19.6. The lowest BCUT2D eigenvalue weighted by atomic mass is 10.0. The fourth-order valence-corrected chi connectivity index (χ4v) is 2.10. The molecule has 2 atom stereocenters. The third-order valence-electron chi connectivity index (χ3n) is 3.05. The molecule has 0 bridgehead atoms. The standard InChI is InChI=1S/C10H12N4O4/c1-6-2-3-13(8(6)9(15)16)10-11-4-7(5-12-10)14(17)18/h4-6,8H,2-3H2,1H3,(H,15,16). The highest BCUT2D eigenvalue weighted by Gasteiger charge is 2.38. The summed E-state index contributed by atoms with van der Waals surface area (Å²) in [5.41, 5.74) is -0.210. The third-order valence-corrected chi connectivity index (χ3v) is 3.05. The highest BCUT2D eigenvalue weighted by atomic mass is 16.6. The number of carbonyl (C=O) groups is 1. The molecule has 1 aromatic heterocycles. The van der Waals surface area contributed by atoms with Crippen molar-refractivity contribution >= 4 is 17.6 Å². The third kappa shape index (κ3) is 2.08. The first-order valence-corrected chi connectivity index (χ1v) is 5.46. The van der Waals surface area contributed by atoms with Gasteiger partial charge in [-0.1, -0.05) is 6.92 Å². The topological polar surface area (TPSA) is 109 Å². The van der Waals surface area contributed by atoms with Crippen LogP contribution in [0.3, 0.4) is 0 Å². The van der Waals surface area contributed by atoms with Gasteiger partial charge in [0.2, 0.25) is 5.95 Å². The molecule has 0 aromatic carbocycles. The molecule has 18 heavy (non-hydrogen) atoms. The van der Waals surface area contributed by atoms with Crippen molar-refractivity contribution in [2.45, 2.75) is 19.4 Å². The van der Waals surface area contributed by atoms with E-state index in [0.29, 0.717) is 6.54 Å². The zero-order chi connectivity index (χ0) is 13.3. The Labute approximate surface area is 102 Å². The number of anilines is 1. The van der Waals surface area contributed by atoms with E-state index in [2.05, 4.69) is 9.97 Å². The maximum atomic E-state index is 11.2. The summed E-state index contributed by atoms with van der Waals surface area (Å²) >= 11 is 0. The van der Waals surface area contributed by atoms with Crippen molar-refractivity contribution in [1.82, 2.24) is 9.97 Å². The molecule has 0 amide bonds. The number of nitrogens with zero attached hydrogens (tertiary/aromatic N) is 4. The van der Waals surface area contributed by atoms with Crippen LogP contribution < -0.4 is 4.90 Å². The van der Waals surface area contributed by atoms with Crippen molar-refractivity contribution in [2.24, 2.45) is 5.92 Å². The molecule has 8 heteroatoms. The van der Waals surface area contributed by atoms with Crippen molar-refractivity contribution in [2.75, 3.05) is 11.4 Å². The van der Waals surface area contributed by atoms with Gasteiger partial charge in [-0.25, -0.2) is 14.8 Å². The monoisotopic (exact) mass is 252 g/mol. The molecule has 96 valence electrons. The van der Waals surface area contributed by atoms with Crippen molar-refractivity contribution in [3.63, 3.8) is 0 Å². The largest absolute Gasteiger partial charge is 0.480 e. The zero-order valence-corrected chi connectivity index (χ0v) is 9.68. The van der Waals surface area contributed by atoms with E-state index in [0.717, 1.165) is 18.8 Å². The van der Waals surface area contributed by atoms with Gasteiger partial charge in [-0.15, -0.1) is 0 Å². The molecule has 2 unspecified atom stereocenters. The van der Waals surface area contributed by atoms with Crippen LogP contribution in [0.1, 0.15) is 13.3 Å². The minimum Gasteiger partial charge on any atom is -0.480 e. The molecule has 0 saturated carbocycles. The van der Waals surface area contributed by atoms with Crippen LogP contribution in [0, 0.1) is 16.0 Å². The van der Waals surface area contributed by atoms with E-state index in [9.17, 15) is 14.9 Å². The molecule has 1 aliphatic heterocycles. The molecule has 2 rings (SSSR count). The number of carboxylic acid groups (broad SMARTS) is 1. The van der Waals surface area contributed by atoms with Gasteiger partial charge >= 0.3 is 11.7 Å². The molecule has 1 aromatic rings. The van der Waals surface area contributed by atoms with Gasteiger partial charge in [0, 0.05) is 6.54 Å². The first-order valence-electron chi connectivity index (χ1n) is 5.46. The van der Waals surface area contributed by atoms with Crippen LogP contribution in [-0.4, -0.2) is 38.6 Å². The summed E-state index contributed by atoms with van der Waals surface area (Å²) in [6.07, 6.45) is 2.91. The number of hydrogen-bond acceptors (Lipinski definition) is 6. The molecule has 0 spiro atoms. The van der Waals surface area contributed by atoms with Gasteiger partial charge in [0.05, 0.1) is 4.92 Å². The molecule has 1 fully saturated rings. The van der Waals surface area contributed by atoms with Crippen LogP contribution >= 0.6 is 0 Å². The summed E-state index contributed by atoms with van der Waals surface area (Å²) < 4.78 is 0. The normalized spacial score (nSPS) is 23.1. The molecule has 0 aliphatic carbocycles. The van der Waals surface area contributed by atoms with Crippen LogP contribution in [-0.2, 0) is 4.79 Å². The first-order chi connectivity index (χ1) is 8.50. The summed E-state index contributed by atoms with van der Waals surface area (Å²) in [7, 11) is 0. The average Bonchev–Trinajstić information content (AvgIpc) is 2.71. The molecular formula is C10H12N4O4. The smallest absolute Gasteiger partial charge is 0.326 e. The second-order valence-electron chi connectivity index (χ2n) is 4.24. The van der Waals surface area contributed by atoms with Gasteiger partial charge in [0.15, 0.2) is 0 Å². The number of rotatable bonds is 3. The Kier molecular flexibility index (Phi) is 3.09. The number of aliphatic carboxylic acids is 1. The maximum absolute atomic E-state index is 11.2.